The van der Waals surface area contributed by atoms with Crippen LogP contribution in [-0.4, -0.2) is 40.4 Å². The van der Waals surface area contributed by atoms with E-state index in [0.29, 0.717) is 16.1 Å². The molecule has 0 aliphatic heterocycles. The second-order valence-electron chi connectivity index (χ2n) is 9.77. The van der Waals surface area contributed by atoms with Crippen LogP contribution in [0.4, 0.5) is 18.0 Å². The maximum absolute atomic E-state index is 14.4. The van der Waals surface area contributed by atoms with E-state index in [9.17, 15) is 23.1 Å². The van der Waals surface area contributed by atoms with Gasteiger partial charge in [-0.05, 0) is 41.2 Å². The van der Waals surface area contributed by atoms with Gasteiger partial charge in [0.25, 0.3) is 0 Å². The Kier molecular flexibility index (Phi) is 8.10. The Morgan fingerprint density at radius 2 is 1.67 bits per heavy atom. The molecule has 0 saturated carbocycles. The number of likely N-dealkylation sites (N-methyl/N-ethyl adjacent to an activating group) is 1. The van der Waals surface area contributed by atoms with E-state index in [0.717, 1.165) is 4.57 Å². The molecule has 194 valence electrons. The molecule has 0 bridgehead atoms. The molecule has 5 nitrogen and oxygen atoms in total. The minimum atomic E-state index is -4.71. The van der Waals surface area contributed by atoms with Crippen LogP contribution in [0.3, 0.4) is 0 Å². The Hall–Kier alpha value is -2.97. The summed E-state index contributed by atoms with van der Waals surface area (Å²) in [4.78, 5) is 14.5. The predicted molar refractivity (Wildman–Crippen MR) is 134 cm³/mol. The second kappa shape index (κ2) is 10.6. The molecule has 0 aliphatic carbocycles. The fourth-order valence-corrected chi connectivity index (χ4v) is 4.45. The Labute approximate surface area is 214 Å². The van der Waals surface area contributed by atoms with Crippen LogP contribution in [0.15, 0.2) is 54.6 Å². The molecule has 1 aromatic heterocycles. The Morgan fingerprint density at radius 3 is 2.17 bits per heavy atom. The molecule has 1 atom stereocenters. The van der Waals surface area contributed by atoms with Crippen LogP contribution in [0, 0.1) is 12.3 Å². The minimum absolute atomic E-state index is 0.0688. The molecule has 36 heavy (non-hydrogen) atoms. The van der Waals surface area contributed by atoms with E-state index in [1.807, 2.05) is 20.8 Å². The number of aliphatic hydroxyl groups excluding tert-OH is 1. The highest BCUT2D eigenvalue weighted by atomic mass is 35.5. The molecule has 1 heterocycles. The van der Waals surface area contributed by atoms with E-state index in [2.05, 4.69) is 0 Å². The minimum Gasteiger partial charge on any atom is -0.394 e. The monoisotopic (exact) mass is 522 g/mol. The van der Waals surface area contributed by atoms with Gasteiger partial charge in [-0.25, -0.2) is 4.79 Å². The number of benzene rings is 2. The van der Waals surface area contributed by atoms with Gasteiger partial charge in [0.2, 0.25) is 5.88 Å². The van der Waals surface area contributed by atoms with Crippen molar-refractivity contribution in [3.8, 4) is 17.0 Å². The van der Waals surface area contributed by atoms with Gasteiger partial charge in [-0.2, -0.15) is 13.2 Å². The lowest BCUT2D eigenvalue weighted by Gasteiger charge is -2.36. The third-order valence-corrected chi connectivity index (χ3v) is 6.41. The number of carbonyl (C=O) groups is 1. The number of halogens is 4. The molecule has 1 N–H and O–H groups in total. The van der Waals surface area contributed by atoms with Gasteiger partial charge < -0.3 is 19.3 Å². The van der Waals surface area contributed by atoms with Gasteiger partial charge >= 0.3 is 12.3 Å². The fourth-order valence-electron chi connectivity index (χ4n) is 4.32. The number of alkyl halides is 3. The largest absolute Gasteiger partial charge is 0.431 e. The Balaban J connectivity index is 2.23. The number of carbonyl (C=O) groups excluding carboxylic acids is 1. The van der Waals surface area contributed by atoms with Gasteiger partial charge in [-0.1, -0.05) is 74.8 Å². The average Bonchev–Trinajstić information content (AvgIpc) is 3.05. The van der Waals surface area contributed by atoms with E-state index >= 15 is 0 Å². The zero-order chi connectivity index (χ0) is 26.8. The van der Waals surface area contributed by atoms with Crippen molar-refractivity contribution in [1.82, 2.24) is 9.47 Å². The summed E-state index contributed by atoms with van der Waals surface area (Å²) in [6.45, 7) is 6.40. The van der Waals surface area contributed by atoms with E-state index in [1.54, 1.807) is 54.6 Å². The van der Waals surface area contributed by atoms with Gasteiger partial charge in [0.05, 0.1) is 19.2 Å². The van der Waals surface area contributed by atoms with Crippen LogP contribution in [-0.2, 0) is 12.7 Å². The number of rotatable bonds is 6. The molecule has 1 unspecified atom stereocenters. The maximum Gasteiger partial charge on any atom is 0.431 e. The zero-order valence-electron chi connectivity index (χ0n) is 20.9. The van der Waals surface area contributed by atoms with Crippen LogP contribution < -0.4 is 4.74 Å². The molecule has 9 heteroatoms. The summed E-state index contributed by atoms with van der Waals surface area (Å²) in [6, 6.07) is 14.3. The molecule has 0 saturated heterocycles. The Bertz CT molecular complexity index is 1200. The SMILES string of the molecule is Cc1c(-c2ccc(Cl)cc2)c(OC(=O)N(C)C(CO)C(C)(C)C)n(Cc2ccccc2)c1C(F)(F)F. The first kappa shape index (κ1) is 27.6. The van der Waals surface area contributed by atoms with Gasteiger partial charge in [-0.15, -0.1) is 0 Å². The molecule has 1 amide bonds. The quantitative estimate of drug-likeness (QED) is 0.378. The number of amides is 1. The highest BCUT2D eigenvalue weighted by Gasteiger charge is 2.41. The standard InChI is InChI=1S/C27H30ClF3N2O3/c1-17-22(19-11-13-20(28)14-12-19)24(36-25(35)32(5)21(16-34)26(2,3)4)33(23(17)27(29,30)31)15-18-9-7-6-8-10-18/h6-14,21,34H,15-16H2,1-5H3. The van der Waals surface area contributed by atoms with Crippen molar-refractivity contribution in [1.29, 1.82) is 0 Å². The number of ether oxygens (including phenoxy) is 1. The number of aliphatic hydroxyl groups is 1. The highest BCUT2D eigenvalue weighted by Crippen LogP contribution is 2.45. The highest BCUT2D eigenvalue weighted by molar-refractivity contribution is 6.30. The van der Waals surface area contributed by atoms with Crippen molar-refractivity contribution in [3.63, 3.8) is 0 Å². The third kappa shape index (κ3) is 5.87. The summed E-state index contributed by atoms with van der Waals surface area (Å²) in [6.07, 6.45) is -5.59. The van der Waals surface area contributed by atoms with Gasteiger partial charge in [-0.3, -0.25) is 0 Å². The molecule has 0 radical (unpaired) electrons. The first-order chi connectivity index (χ1) is 16.8. The van der Waals surface area contributed by atoms with Gasteiger partial charge in [0.1, 0.15) is 5.69 Å². The Morgan fingerprint density at radius 1 is 1.08 bits per heavy atom. The van der Waals surface area contributed by atoms with Crippen molar-refractivity contribution < 1.29 is 27.8 Å². The van der Waals surface area contributed by atoms with Crippen LogP contribution in [0.1, 0.15) is 37.6 Å². The molecule has 0 aliphatic rings. The lowest BCUT2D eigenvalue weighted by Crippen LogP contribution is -2.48. The molecule has 3 rings (SSSR count). The number of aromatic nitrogens is 1. The van der Waals surface area contributed by atoms with Crippen LogP contribution in [0.25, 0.3) is 11.1 Å². The zero-order valence-corrected chi connectivity index (χ0v) is 21.6. The number of hydrogen-bond acceptors (Lipinski definition) is 3. The van der Waals surface area contributed by atoms with E-state index in [1.165, 1.54) is 18.9 Å². The summed E-state index contributed by atoms with van der Waals surface area (Å²) in [5, 5.41) is 10.3. The van der Waals surface area contributed by atoms with E-state index < -0.39 is 29.4 Å². The molecule has 0 fully saturated rings. The first-order valence-corrected chi connectivity index (χ1v) is 11.8. The lowest BCUT2D eigenvalue weighted by atomic mass is 9.86. The third-order valence-electron chi connectivity index (χ3n) is 6.16. The summed E-state index contributed by atoms with van der Waals surface area (Å²) < 4.78 is 49.9. The lowest BCUT2D eigenvalue weighted by molar-refractivity contribution is -0.144. The summed E-state index contributed by atoms with van der Waals surface area (Å²) in [7, 11) is 1.46. The van der Waals surface area contributed by atoms with Crippen molar-refractivity contribution >= 4 is 17.7 Å². The van der Waals surface area contributed by atoms with Crippen LogP contribution >= 0.6 is 11.6 Å². The van der Waals surface area contributed by atoms with Crippen molar-refractivity contribution in [2.75, 3.05) is 13.7 Å². The van der Waals surface area contributed by atoms with Gasteiger partial charge in [0.15, 0.2) is 0 Å². The predicted octanol–water partition coefficient (Wildman–Crippen LogP) is 7.02. The molecule has 3 aromatic rings. The molecular weight excluding hydrogens is 493 g/mol. The molecule has 2 aromatic carbocycles. The van der Waals surface area contributed by atoms with Gasteiger partial charge in [0, 0.05) is 17.6 Å². The van der Waals surface area contributed by atoms with E-state index in [-0.39, 0.29) is 30.2 Å². The number of nitrogens with zero attached hydrogens (tertiary/aromatic N) is 2. The van der Waals surface area contributed by atoms with Crippen LogP contribution in [0.2, 0.25) is 5.02 Å². The second-order valence-corrected chi connectivity index (χ2v) is 10.2. The average molecular weight is 523 g/mol. The number of hydrogen-bond donors (Lipinski definition) is 1. The maximum atomic E-state index is 14.4. The molecular formula is C27H30ClF3N2O3. The van der Waals surface area contributed by atoms with Crippen molar-refractivity contribution in [2.24, 2.45) is 5.41 Å². The van der Waals surface area contributed by atoms with E-state index in [4.69, 9.17) is 16.3 Å². The van der Waals surface area contributed by atoms with Crippen molar-refractivity contribution in [2.45, 2.75) is 46.5 Å². The van der Waals surface area contributed by atoms with Crippen molar-refractivity contribution in [3.05, 3.63) is 76.4 Å². The summed E-state index contributed by atoms with van der Waals surface area (Å²) in [5.74, 6) is -0.228. The summed E-state index contributed by atoms with van der Waals surface area (Å²) >= 11 is 6.01. The molecule has 0 spiro atoms. The fraction of sp³-hybridized carbons (Fsp3) is 0.370. The first-order valence-electron chi connectivity index (χ1n) is 11.4. The van der Waals surface area contributed by atoms with Crippen LogP contribution in [0.5, 0.6) is 5.88 Å². The topological polar surface area (TPSA) is 54.7 Å². The smallest absolute Gasteiger partial charge is 0.394 e. The normalized spacial score (nSPS) is 12.9. The summed E-state index contributed by atoms with van der Waals surface area (Å²) in [5.41, 5.74) is -0.297.